The molecule has 2 aromatic carbocycles. The molecule has 130 valence electrons. The Morgan fingerprint density at radius 3 is 2.73 bits per heavy atom. The van der Waals surface area contributed by atoms with Gasteiger partial charge in [0.25, 0.3) is 0 Å². The van der Waals surface area contributed by atoms with Gasteiger partial charge < -0.3 is 14.8 Å². The van der Waals surface area contributed by atoms with Gasteiger partial charge in [-0.3, -0.25) is 4.79 Å². The summed E-state index contributed by atoms with van der Waals surface area (Å²) in [6, 6.07) is 13.9. The van der Waals surface area contributed by atoms with Gasteiger partial charge in [-0.25, -0.2) is 4.39 Å². The molecule has 4 rings (SSSR count). The van der Waals surface area contributed by atoms with Gasteiger partial charge in [0, 0.05) is 34.4 Å². The number of amides is 1. The Balaban J connectivity index is 1.50. The quantitative estimate of drug-likeness (QED) is 0.572. The third kappa shape index (κ3) is 3.21. The van der Waals surface area contributed by atoms with E-state index in [2.05, 4.69) is 15.5 Å². The van der Waals surface area contributed by atoms with Crippen molar-refractivity contribution in [2.75, 3.05) is 5.32 Å². The number of hydrogen-bond donors (Lipinski definition) is 2. The van der Waals surface area contributed by atoms with Gasteiger partial charge in [0.1, 0.15) is 11.6 Å². The van der Waals surface area contributed by atoms with Crippen LogP contribution in [0, 0.1) is 12.7 Å². The lowest BCUT2D eigenvalue weighted by molar-refractivity contribution is -0.115. The summed E-state index contributed by atoms with van der Waals surface area (Å²) < 4.78 is 18.3. The number of nitrogens with one attached hydrogen (secondary N) is 2. The first-order valence-corrected chi connectivity index (χ1v) is 8.17. The van der Waals surface area contributed by atoms with Gasteiger partial charge in [0.15, 0.2) is 0 Å². The molecule has 5 nitrogen and oxygen atoms in total. The number of carbonyl (C=O) groups is 1. The molecule has 0 radical (unpaired) electrons. The van der Waals surface area contributed by atoms with Gasteiger partial charge in [0.05, 0.1) is 12.1 Å². The predicted molar refractivity (Wildman–Crippen MR) is 97.3 cm³/mol. The minimum Gasteiger partial charge on any atom is -0.361 e. The van der Waals surface area contributed by atoms with E-state index in [9.17, 15) is 9.18 Å². The summed E-state index contributed by atoms with van der Waals surface area (Å²) in [6.07, 6.45) is 2.01. The second-order valence-corrected chi connectivity index (χ2v) is 6.12. The minimum absolute atomic E-state index is 0.159. The van der Waals surface area contributed by atoms with Crippen molar-refractivity contribution in [2.45, 2.75) is 13.3 Å². The van der Waals surface area contributed by atoms with Crippen LogP contribution >= 0.6 is 0 Å². The maximum absolute atomic E-state index is 13.3. The van der Waals surface area contributed by atoms with E-state index in [1.807, 2.05) is 30.5 Å². The van der Waals surface area contributed by atoms with E-state index in [1.54, 1.807) is 19.1 Å². The summed E-state index contributed by atoms with van der Waals surface area (Å²) >= 11 is 0. The van der Waals surface area contributed by atoms with Gasteiger partial charge in [-0.1, -0.05) is 17.3 Å². The van der Waals surface area contributed by atoms with Crippen molar-refractivity contribution in [1.82, 2.24) is 10.1 Å². The SMILES string of the molecule is Cc1cc(CC(=O)Nc2ccc(-c3c[nH]c4cc(F)ccc34)cc2)no1. The number of H-pyrrole nitrogens is 1. The third-order valence-corrected chi connectivity index (χ3v) is 4.14. The molecule has 0 saturated heterocycles. The fourth-order valence-electron chi connectivity index (χ4n) is 2.94. The van der Waals surface area contributed by atoms with E-state index in [4.69, 9.17) is 4.52 Å². The van der Waals surface area contributed by atoms with E-state index >= 15 is 0 Å². The normalized spacial score (nSPS) is 11.0. The lowest BCUT2D eigenvalue weighted by Gasteiger charge is -2.06. The number of nitrogens with zero attached hydrogens (tertiary/aromatic N) is 1. The number of aromatic nitrogens is 2. The fraction of sp³-hybridized carbons (Fsp3) is 0.100. The summed E-state index contributed by atoms with van der Waals surface area (Å²) in [4.78, 5) is 15.2. The van der Waals surface area contributed by atoms with Crippen LogP contribution in [0.25, 0.3) is 22.0 Å². The molecule has 0 aliphatic heterocycles. The summed E-state index contributed by atoms with van der Waals surface area (Å²) in [5, 5.41) is 7.60. The van der Waals surface area contributed by atoms with Crippen LogP contribution in [-0.4, -0.2) is 16.0 Å². The summed E-state index contributed by atoms with van der Waals surface area (Å²) in [6.45, 7) is 1.78. The van der Waals surface area contributed by atoms with E-state index in [0.717, 1.165) is 22.0 Å². The van der Waals surface area contributed by atoms with E-state index in [0.29, 0.717) is 17.1 Å². The molecule has 0 bridgehead atoms. The molecule has 26 heavy (non-hydrogen) atoms. The Bertz CT molecular complexity index is 1080. The lowest BCUT2D eigenvalue weighted by Crippen LogP contribution is -2.14. The predicted octanol–water partition coefficient (Wildman–Crippen LogP) is 4.45. The summed E-state index contributed by atoms with van der Waals surface area (Å²) in [7, 11) is 0. The highest BCUT2D eigenvalue weighted by molar-refractivity contribution is 5.96. The Kier molecular flexibility index (Phi) is 4.01. The van der Waals surface area contributed by atoms with Crippen molar-refractivity contribution in [3.63, 3.8) is 0 Å². The van der Waals surface area contributed by atoms with Crippen molar-refractivity contribution < 1.29 is 13.7 Å². The molecule has 2 aromatic heterocycles. The number of rotatable bonds is 4. The summed E-state index contributed by atoms with van der Waals surface area (Å²) in [5.41, 5.74) is 4.01. The Morgan fingerprint density at radius 1 is 1.19 bits per heavy atom. The molecule has 0 saturated carbocycles. The third-order valence-electron chi connectivity index (χ3n) is 4.14. The minimum atomic E-state index is -0.272. The number of benzene rings is 2. The number of aryl methyl sites for hydroxylation is 1. The second-order valence-electron chi connectivity index (χ2n) is 6.12. The molecule has 4 aromatic rings. The molecule has 6 heteroatoms. The molecule has 0 unspecified atom stereocenters. The van der Waals surface area contributed by atoms with E-state index in [1.165, 1.54) is 12.1 Å². The van der Waals surface area contributed by atoms with Crippen LogP contribution in [0.15, 0.2) is 59.3 Å². The smallest absolute Gasteiger partial charge is 0.230 e. The first kappa shape index (κ1) is 16.1. The maximum Gasteiger partial charge on any atom is 0.230 e. The Hall–Kier alpha value is -3.41. The lowest BCUT2D eigenvalue weighted by atomic mass is 10.0. The number of fused-ring (bicyclic) bond motifs is 1. The molecule has 2 N–H and O–H groups in total. The number of hydrogen-bond acceptors (Lipinski definition) is 3. The molecule has 2 heterocycles. The van der Waals surface area contributed by atoms with Crippen LogP contribution in [0.2, 0.25) is 0 Å². The molecule has 1 amide bonds. The van der Waals surface area contributed by atoms with Crippen molar-refractivity contribution in [3.05, 3.63) is 72.0 Å². The fourth-order valence-corrected chi connectivity index (χ4v) is 2.94. The molecular weight excluding hydrogens is 333 g/mol. The highest BCUT2D eigenvalue weighted by atomic mass is 19.1. The molecule has 0 aliphatic carbocycles. The van der Waals surface area contributed by atoms with Crippen LogP contribution in [0.3, 0.4) is 0 Å². The monoisotopic (exact) mass is 349 g/mol. The average molecular weight is 349 g/mol. The standard InChI is InChI=1S/C20H16FN3O2/c1-12-8-16(24-26-12)10-20(25)23-15-5-2-13(3-6-15)18-11-22-19-9-14(21)4-7-17(18)19/h2-9,11,22H,10H2,1H3,(H,23,25). The largest absolute Gasteiger partial charge is 0.361 e. The first-order chi connectivity index (χ1) is 12.6. The van der Waals surface area contributed by atoms with Crippen LogP contribution in [-0.2, 0) is 11.2 Å². The first-order valence-electron chi connectivity index (χ1n) is 8.17. The Morgan fingerprint density at radius 2 is 2.00 bits per heavy atom. The van der Waals surface area contributed by atoms with Crippen LogP contribution in [0.5, 0.6) is 0 Å². The van der Waals surface area contributed by atoms with Crippen LogP contribution in [0.4, 0.5) is 10.1 Å². The molecule has 0 spiro atoms. The second kappa shape index (κ2) is 6.48. The van der Waals surface area contributed by atoms with Gasteiger partial charge in [-0.15, -0.1) is 0 Å². The average Bonchev–Trinajstić information content (AvgIpc) is 3.21. The zero-order chi connectivity index (χ0) is 18.1. The highest BCUT2D eigenvalue weighted by Gasteiger charge is 2.10. The van der Waals surface area contributed by atoms with Gasteiger partial charge in [-0.05, 0) is 42.8 Å². The molecule has 0 atom stereocenters. The van der Waals surface area contributed by atoms with Gasteiger partial charge in [-0.2, -0.15) is 0 Å². The number of halogens is 1. The van der Waals surface area contributed by atoms with Crippen molar-refractivity contribution in [3.8, 4) is 11.1 Å². The zero-order valence-electron chi connectivity index (χ0n) is 14.0. The summed E-state index contributed by atoms with van der Waals surface area (Å²) in [5.74, 6) is 0.246. The number of carbonyl (C=O) groups excluding carboxylic acids is 1. The molecular formula is C20H16FN3O2. The van der Waals surface area contributed by atoms with Crippen LogP contribution in [0.1, 0.15) is 11.5 Å². The molecule has 0 aliphatic rings. The van der Waals surface area contributed by atoms with Crippen LogP contribution < -0.4 is 5.32 Å². The number of anilines is 1. The van der Waals surface area contributed by atoms with Crippen molar-refractivity contribution in [1.29, 1.82) is 0 Å². The number of aromatic amines is 1. The maximum atomic E-state index is 13.3. The van der Waals surface area contributed by atoms with E-state index < -0.39 is 0 Å². The van der Waals surface area contributed by atoms with Crippen molar-refractivity contribution >= 4 is 22.5 Å². The molecule has 0 fully saturated rings. The highest BCUT2D eigenvalue weighted by Crippen LogP contribution is 2.29. The zero-order valence-corrected chi connectivity index (χ0v) is 14.0. The van der Waals surface area contributed by atoms with E-state index in [-0.39, 0.29) is 18.1 Å². The van der Waals surface area contributed by atoms with Gasteiger partial charge in [0.2, 0.25) is 5.91 Å². The Labute approximate surface area is 148 Å². The van der Waals surface area contributed by atoms with Gasteiger partial charge >= 0.3 is 0 Å². The van der Waals surface area contributed by atoms with Crippen molar-refractivity contribution in [2.24, 2.45) is 0 Å². The topological polar surface area (TPSA) is 70.9 Å².